The smallest absolute Gasteiger partial charge is 0.328 e. The fraction of sp³-hybridized carbons (Fsp3) is 0.167. The molecule has 0 aliphatic heterocycles. The first-order valence-electron chi connectivity index (χ1n) is 5.66. The highest BCUT2D eigenvalue weighted by molar-refractivity contribution is 7.12. The molecule has 2 heterocycles. The molecule has 7 nitrogen and oxygen atoms in total. The normalized spacial score (nSPS) is 10.8. The van der Waals surface area contributed by atoms with Gasteiger partial charge in [-0.3, -0.25) is 9.89 Å². The number of aromatic amines is 1. The standard InChI is InChI=1S/C12H12N4O3S/c1-16(6-9-13-7-14-15-9)12(19)11-8(4-5-20-11)2-3-10(17)18/h2-5,7H,6H2,1H3,(H,17,18)(H,13,14,15). The third kappa shape index (κ3) is 3.29. The van der Waals surface area contributed by atoms with Crippen LogP contribution in [0.5, 0.6) is 0 Å². The molecule has 8 heteroatoms. The average Bonchev–Trinajstić information content (AvgIpc) is 3.06. The zero-order valence-corrected chi connectivity index (χ0v) is 11.4. The molecule has 0 unspecified atom stereocenters. The molecular formula is C12H12N4O3S. The zero-order valence-electron chi connectivity index (χ0n) is 10.6. The Hall–Kier alpha value is -2.48. The van der Waals surface area contributed by atoms with Crippen molar-refractivity contribution in [3.05, 3.63) is 40.1 Å². The number of H-pyrrole nitrogens is 1. The van der Waals surface area contributed by atoms with Crippen molar-refractivity contribution in [3.63, 3.8) is 0 Å². The third-order valence-corrected chi connectivity index (χ3v) is 3.41. The number of carboxylic acids is 1. The van der Waals surface area contributed by atoms with Crippen LogP contribution in [0.15, 0.2) is 23.8 Å². The Morgan fingerprint density at radius 1 is 1.55 bits per heavy atom. The summed E-state index contributed by atoms with van der Waals surface area (Å²) in [5.41, 5.74) is 0.590. The Labute approximate surface area is 118 Å². The van der Waals surface area contributed by atoms with Crippen LogP contribution >= 0.6 is 11.3 Å². The first-order chi connectivity index (χ1) is 9.58. The Kier molecular flexibility index (Phi) is 4.26. The maximum Gasteiger partial charge on any atom is 0.328 e. The van der Waals surface area contributed by atoms with Crippen LogP contribution in [0, 0.1) is 0 Å². The molecule has 0 fully saturated rings. The van der Waals surface area contributed by atoms with Crippen molar-refractivity contribution >= 4 is 29.3 Å². The molecule has 2 aromatic heterocycles. The molecule has 2 aromatic rings. The first-order valence-corrected chi connectivity index (χ1v) is 6.54. The van der Waals surface area contributed by atoms with Gasteiger partial charge in [0.05, 0.1) is 11.4 Å². The second kappa shape index (κ2) is 6.11. The number of rotatable bonds is 5. The number of aliphatic carboxylic acids is 1. The average molecular weight is 292 g/mol. The summed E-state index contributed by atoms with van der Waals surface area (Å²) in [6.45, 7) is 0.304. The van der Waals surface area contributed by atoms with Crippen LogP contribution in [-0.2, 0) is 11.3 Å². The van der Waals surface area contributed by atoms with E-state index in [1.54, 1.807) is 18.5 Å². The fourth-order valence-electron chi connectivity index (χ4n) is 1.56. The molecule has 0 aromatic carbocycles. The van der Waals surface area contributed by atoms with Gasteiger partial charge in [0.2, 0.25) is 0 Å². The van der Waals surface area contributed by atoms with Crippen molar-refractivity contribution in [3.8, 4) is 0 Å². The molecule has 0 saturated heterocycles. The van der Waals surface area contributed by atoms with E-state index in [0.29, 0.717) is 22.8 Å². The van der Waals surface area contributed by atoms with Crippen molar-refractivity contribution in [2.45, 2.75) is 6.54 Å². The zero-order chi connectivity index (χ0) is 14.5. The van der Waals surface area contributed by atoms with Crippen molar-refractivity contribution in [1.29, 1.82) is 0 Å². The Morgan fingerprint density at radius 3 is 3.00 bits per heavy atom. The first kappa shape index (κ1) is 13.9. The lowest BCUT2D eigenvalue weighted by molar-refractivity contribution is -0.131. The van der Waals surface area contributed by atoms with Crippen molar-refractivity contribution < 1.29 is 14.7 Å². The van der Waals surface area contributed by atoms with Crippen molar-refractivity contribution in [2.75, 3.05) is 7.05 Å². The van der Waals surface area contributed by atoms with Gasteiger partial charge in [-0.05, 0) is 23.1 Å². The number of amides is 1. The number of aromatic nitrogens is 3. The molecule has 0 bridgehead atoms. The summed E-state index contributed by atoms with van der Waals surface area (Å²) in [4.78, 5) is 28.7. The Morgan fingerprint density at radius 2 is 2.35 bits per heavy atom. The van der Waals surface area contributed by atoms with Gasteiger partial charge >= 0.3 is 5.97 Å². The van der Waals surface area contributed by atoms with Crippen LogP contribution in [0.3, 0.4) is 0 Å². The minimum absolute atomic E-state index is 0.193. The number of carboxylic acid groups (broad SMARTS) is 1. The van der Waals surface area contributed by atoms with E-state index in [1.165, 1.54) is 28.6 Å². The second-order valence-corrected chi connectivity index (χ2v) is 4.89. The van der Waals surface area contributed by atoms with Crippen LogP contribution in [0.4, 0.5) is 0 Å². The molecular weight excluding hydrogens is 280 g/mol. The second-order valence-electron chi connectivity index (χ2n) is 3.97. The maximum atomic E-state index is 12.3. The van der Waals surface area contributed by atoms with Gasteiger partial charge in [-0.2, -0.15) is 5.10 Å². The minimum Gasteiger partial charge on any atom is -0.478 e. The highest BCUT2D eigenvalue weighted by Crippen LogP contribution is 2.20. The van der Waals surface area contributed by atoms with Crippen LogP contribution in [0.25, 0.3) is 6.08 Å². The topological polar surface area (TPSA) is 99.2 Å². The van der Waals surface area contributed by atoms with Gasteiger partial charge in [0, 0.05) is 13.1 Å². The molecule has 0 aliphatic carbocycles. The molecule has 20 heavy (non-hydrogen) atoms. The van der Waals surface area contributed by atoms with Crippen LogP contribution < -0.4 is 0 Å². The Bertz CT molecular complexity index is 633. The predicted octanol–water partition coefficient (Wildman–Crippen LogP) is 1.24. The number of nitrogens with one attached hydrogen (secondary N) is 1. The van der Waals surface area contributed by atoms with Crippen molar-refractivity contribution in [2.24, 2.45) is 0 Å². The SMILES string of the molecule is CN(Cc1ncn[nH]1)C(=O)c1sccc1C=CC(=O)O. The molecule has 0 radical (unpaired) electrons. The lowest BCUT2D eigenvalue weighted by atomic mass is 10.2. The summed E-state index contributed by atoms with van der Waals surface area (Å²) in [6.07, 6.45) is 3.80. The number of carbonyl (C=O) groups is 2. The van der Waals surface area contributed by atoms with E-state index in [2.05, 4.69) is 15.2 Å². The summed E-state index contributed by atoms with van der Waals surface area (Å²) < 4.78 is 0. The van der Waals surface area contributed by atoms with Gasteiger partial charge in [-0.1, -0.05) is 0 Å². The van der Waals surface area contributed by atoms with Crippen LogP contribution in [-0.4, -0.2) is 44.1 Å². The summed E-state index contributed by atoms with van der Waals surface area (Å²) in [7, 11) is 1.65. The van der Waals surface area contributed by atoms with Gasteiger partial charge < -0.3 is 10.0 Å². The summed E-state index contributed by atoms with van der Waals surface area (Å²) in [6, 6.07) is 1.71. The Balaban J connectivity index is 2.13. The molecule has 1 amide bonds. The number of carbonyl (C=O) groups excluding carboxylic acids is 1. The van der Waals surface area contributed by atoms with Gasteiger partial charge in [0.1, 0.15) is 12.2 Å². The lowest BCUT2D eigenvalue weighted by Gasteiger charge is -2.14. The van der Waals surface area contributed by atoms with Crippen molar-refractivity contribution in [1.82, 2.24) is 20.1 Å². The largest absolute Gasteiger partial charge is 0.478 e. The third-order valence-electron chi connectivity index (χ3n) is 2.49. The molecule has 2 rings (SSSR count). The summed E-state index contributed by atoms with van der Waals surface area (Å²) in [5, 5.41) is 16.8. The van der Waals surface area contributed by atoms with E-state index in [-0.39, 0.29) is 5.91 Å². The van der Waals surface area contributed by atoms with Gasteiger partial charge in [-0.15, -0.1) is 11.3 Å². The lowest BCUT2D eigenvalue weighted by Crippen LogP contribution is -2.26. The molecule has 0 saturated carbocycles. The molecule has 0 spiro atoms. The molecule has 0 aliphatic rings. The summed E-state index contributed by atoms with van der Waals surface area (Å²) in [5.74, 6) is -0.661. The van der Waals surface area contributed by atoms with Crippen LogP contribution in [0.2, 0.25) is 0 Å². The molecule has 2 N–H and O–H groups in total. The van der Waals surface area contributed by atoms with Gasteiger partial charge in [0.25, 0.3) is 5.91 Å². The summed E-state index contributed by atoms with van der Waals surface area (Å²) >= 11 is 1.27. The minimum atomic E-state index is -1.05. The van der Waals surface area contributed by atoms with Crippen LogP contribution in [0.1, 0.15) is 21.1 Å². The number of thiophene rings is 1. The highest BCUT2D eigenvalue weighted by Gasteiger charge is 2.17. The number of hydrogen-bond acceptors (Lipinski definition) is 5. The van der Waals surface area contributed by atoms with E-state index in [1.807, 2.05) is 0 Å². The van der Waals surface area contributed by atoms with E-state index < -0.39 is 5.97 Å². The molecule has 0 atom stereocenters. The molecule has 104 valence electrons. The van der Waals surface area contributed by atoms with E-state index in [9.17, 15) is 9.59 Å². The number of hydrogen-bond donors (Lipinski definition) is 2. The van der Waals surface area contributed by atoms with E-state index >= 15 is 0 Å². The van der Waals surface area contributed by atoms with Gasteiger partial charge in [0.15, 0.2) is 0 Å². The predicted molar refractivity (Wildman–Crippen MR) is 73.2 cm³/mol. The highest BCUT2D eigenvalue weighted by atomic mass is 32.1. The monoisotopic (exact) mass is 292 g/mol. The van der Waals surface area contributed by atoms with E-state index in [0.717, 1.165) is 6.08 Å². The fourth-order valence-corrected chi connectivity index (χ4v) is 2.44. The van der Waals surface area contributed by atoms with Gasteiger partial charge in [-0.25, -0.2) is 9.78 Å². The maximum absolute atomic E-state index is 12.3. The quantitative estimate of drug-likeness (QED) is 0.808. The van der Waals surface area contributed by atoms with E-state index in [4.69, 9.17) is 5.11 Å². The number of nitrogens with zero attached hydrogens (tertiary/aromatic N) is 3.